The van der Waals surface area contributed by atoms with E-state index >= 15 is 0 Å². The number of nitrogens with zero attached hydrogens (tertiary/aromatic N) is 1. The molecule has 1 N–H and O–H groups in total. The molecule has 1 heterocycles. The Labute approximate surface area is 121 Å². The molecule has 1 atom stereocenters. The normalized spacial score (nSPS) is 18.5. The largest absolute Gasteiger partial charge is 0.467 e. The first kappa shape index (κ1) is 14.6. The van der Waals surface area contributed by atoms with E-state index in [1.165, 1.54) is 12.0 Å². The zero-order valence-electron chi connectivity index (χ0n) is 11.0. The summed E-state index contributed by atoms with van der Waals surface area (Å²) < 4.78 is 9.89. The van der Waals surface area contributed by atoms with Crippen LogP contribution in [0, 0.1) is 0 Å². The fourth-order valence-corrected chi connectivity index (χ4v) is 2.11. The predicted octanol–water partition coefficient (Wildman–Crippen LogP) is 1.75. The van der Waals surface area contributed by atoms with Crippen molar-refractivity contribution in [2.24, 2.45) is 0 Å². The third-order valence-electron chi connectivity index (χ3n) is 2.98. The van der Waals surface area contributed by atoms with Gasteiger partial charge in [0.2, 0.25) is 0 Å². The minimum Gasteiger partial charge on any atom is -0.467 e. The zero-order valence-corrected chi connectivity index (χ0v) is 11.7. The number of amides is 2. The predicted molar refractivity (Wildman–Crippen MR) is 73.8 cm³/mol. The average molecular weight is 299 g/mol. The molecule has 20 heavy (non-hydrogen) atoms. The molecule has 0 aromatic heterocycles. The van der Waals surface area contributed by atoms with Gasteiger partial charge in [0.05, 0.1) is 31.0 Å². The molecule has 1 aromatic carbocycles. The Bertz CT molecular complexity index is 509. The number of hydrogen-bond acceptors (Lipinski definition) is 4. The Balaban J connectivity index is 2.10. The molecule has 0 saturated carbocycles. The van der Waals surface area contributed by atoms with Crippen LogP contribution in [-0.4, -0.2) is 49.8 Å². The molecule has 1 aliphatic rings. The summed E-state index contributed by atoms with van der Waals surface area (Å²) in [5, 5.41) is 3.11. The molecule has 7 heteroatoms. The fraction of sp³-hybridized carbons (Fsp3) is 0.385. The Hall–Kier alpha value is -1.79. The molecule has 2 amide bonds. The molecule has 0 bridgehead atoms. The smallest absolute Gasteiger partial charge is 0.331 e. The number of urea groups is 1. The second-order valence-electron chi connectivity index (χ2n) is 4.22. The molecule has 2 rings (SSSR count). The van der Waals surface area contributed by atoms with Crippen molar-refractivity contribution in [3.05, 3.63) is 29.3 Å². The Morgan fingerprint density at radius 3 is 2.90 bits per heavy atom. The monoisotopic (exact) mass is 298 g/mol. The van der Waals surface area contributed by atoms with Gasteiger partial charge >= 0.3 is 12.0 Å². The van der Waals surface area contributed by atoms with Crippen LogP contribution in [0.3, 0.4) is 0 Å². The van der Waals surface area contributed by atoms with Crippen LogP contribution < -0.4 is 5.32 Å². The maximum absolute atomic E-state index is 12.2. The summed E-state index contributed by atoms with van der Waals surface area (Å²) in [7, 11) is 1.28. The van der Waals surface area contributed by atoms with Gasteiger partial charge in [0.15, 0.2) is 6.04 Å². The van der Waals surface area contributed by atoms with Gasteiger partial charge in [0, 0.05) is 6.54 Å². The molecular formula is C13H15ClN2O4. The molecule has 6 nitrogen and oxygen atoms in total. The van der Waals surface area contributed by atoms with Crippen LogP contribution in [0.25, 0.3) is 0 Å². The SMILES string of the molecule is COC(=O)C1COCCN1C(=O)Nc1ccccc1Cl. The zero-order chi connectivity index (χ0) is 14.5. The third-order valence-corrected chi connectivity index (χ3v) is 3.31. The van der Waals surface area contributed by atoms with E-state index < -0.39 is 18.0 Å². The molecule has 1 aromatic rings. The third kappa shape index (κ3) is 3.20. The van der Waals surface area contributed by atoms with Gasteiger partial charge in [-0.2, -0.15) is 0 Å². The minimum atomic E-state index is -0.740. The van der Waals surface area contributed by atoms with Crippen LogP contribution >= 0.6 is 11.6 Å². The van der Waals surface area contributed by atoms with E-state index in [4.69, 9.17) is 16.3 Å². The van der Waals surface area contributed by atoms with Gasteiger partial charge in [-0.15, -0.1) is 0 Å². The van der Waals surface area contributed by atoms with Gasteiger partial charge in [0.1, 0.15) is 0 Å². The molecule has 1 fully saturated rings. The molecule has 108 valence electrons. The van der Waals surface area contributed by atoms with Crippen molar-refractivity contribution >= 4 is 29.3 Å². The van der Waals surface area contributed by atoms with Gasteiger partial charge in [0.25, 0.3) is 0 Å². The number of nitrogens with one attached hydrogen (secondary N) is 1. The van der Waals surface area contributed by atoms with Crippen LogP contribution in [0.1, 0.15) is 0 Å². The average Bonchev–Trinajstić information content (AvgIpc) is 2.48. The Kier molecular flexibility index (Phi) is 4.81. The Morgan fingerprint density at radius 2 is 2.20 bits per heavy atom. The maximum atomic E-state index is 12.2. The highest BCUT2D eigenvalue weighted by molar-refractivity contribution is 6.33. The Morgan fingerprint density at radius 1 is 1.45 bits per heavy atom. The number of hydrogen-bond donors (Lipinski definition) is 1. The first-order valence-corrected chi connectivity index (χ1v) is 6.49. The highest BCUT2D eigenvalue weighted by Crippen LogP contribution is 2.21. The molecule has 0 spiro atoms. The van der Waals surface area contributed by atoms with E-state index in [2.05, 4.69) is 10.1 Å². The van der Waals surface area contributed by atoms with E-state index in [-0.39, 0.29) is 6.61 Å². The standard InChI is InChI=1S/C13H15ClN2O4/c1-19-12(17)11-8-20-7-6-16(11)13(18)15-10-5-3-2-4-9(10)14/h2-5,11H,6-8H2,1H3,(H,15,18). The van der Waals surface area contributed by atoms with Gasteiger partial charge in [-0.05, 0) is 12.1 Å². The molecule has 0 radical (unpaired) electrons. The number of para-hydroxylation sites is 1. The van der Waals surface area contributed by atoms with E-state index in [1.54, 1.807) is 24.3 Å². The summed E-state index contributed by atoms with van der Waals surface area (Å²) in [6.45, 7) is 0.822. The van der Waals surface area contributed by atoms with Crippen molar-refractivity contribution in [1.29, 1.82) is 0 Å². The topological polar surface area (TPSA) is 67.9 Å². The lowest BCUT2D eigenvalue weighted by atomic mass is 10.2. The summed E-state index contributed by atoms with van der Waals surface area (Å²) in [6.07, 6.45) is 0. The number of methoxy groups -OCH3 is 1. The molecule has 1 saturated heterocycles. The number of morpholine rings is 1. The van der Waals surface area contributed by atoms with E-state index in [9.17, 15) is 9.59 Å². The summed E-state index contributed by atoms with van der Waals surface area (Å²) in [5.74, 6) is -0.501. The lowest BCUT2D eigenvalue weighted by Gasteiger charge is -2.33. The number of carbonyl (C=O) groups is 2. The number of esters is 1. The maximum Gasteiger partial charge on any atom is 0.331 e. The molecule has 1 unspecified atom stereocenters. The van der Waals surface area contributed by atoms with Crippen molar-refractivity contribution in [3.63, 3.8) is 0 Å². The van der Waals surface area contributed by atoms with Crippen molar-refractivity contribution in [2.45, 2.75) is 6.04 Å². The number of rotatable bonds is 2. The second kappa shape index (κ2) is 6.58. The summed E-state index contributed by atoms with van der Waals surface area (Å²) >= 11 is 5.98. The van der Waals surface area contributed by atoms with E-state index in [0.29, 0.717) is 23.9 Å². The van der Waals surface area contributed by atoms with Crippen LogP contribution in [0.4, 0.5) is 10.5 Å². The minimum absolute atomic E-state index is 0.128. The van der Waals surface area contributed by atoms with Gasteiger partial charge in [-0.25, -0.2) is 9.59 Å². The lowest BCUT2D eigenvalue weighted by molar-refractivity contribution is -0.150. The summed E-state index contributed by atoms with van der Waals surface area (Å²) in [4.78, 5) is 25.3. The lowest BCUT2D eigenvalue weighted by Crippen LogP contribution is -2.54. The van der Waals surface area contributed by atoms with Crippen LogP contribution in [0.15, 0.2) is 24.3 Å². The number of benzene rings is 1. The van der Waals surface area contributed by atoms with Gasteiger partial charge < -0.3 is 19.7 Å². The second-order valence-corrected chi connectivity index (χ2v) is 4.62. The van der Waals surface area contributed by atoms with E-state index in [0.717, 1.165) is 0 Å². The van der Waals surface area contributed by atoms with Crippen molar-refractivity contribution in [1.82, 2.24) is 4.90 Å². The van der Waals surface area contributed by atoms with Crippen LogP contribution in [-0.2, 0) is 14.3 Å². The summed E-state index contributed by atoms with van der Waals surface area (Å²) in [5.41, 5.74) is 0.495. The molecule has 0 aliphatic carbocycles. The molecule has 1 aliphatic heterocycles. The van der Waals surface area contributed by atoms with Crippen molar-refractivity contribution in [3.8, 4) is 0 Å². The van der Waals surface area contributed by atoms with Crippen LogP contribution in [0.2, 0.25) is 5.02 Å². The number of ether oxygens (including phenoxy) is 2. The number of anilines is 1. The fourth-order valence-electron chi connectivity index (χ4n) is 1.93. The number of halogens is 1. The van der Waals surface area contributed by atoms with Gasteiger partial charge in [-0.1, -0.05) is 23.7 Å². The number of carbonyl (C=O) groups excluding carboxylic acids is 2. The van der Waals surface area contributed by atoms with E-state index in [1.807, 2.05) is 0 Å². The van der Waals surface area contributed by atoms with Crippen molar-refractivity contribution < 1.29 is 19.1 Å². The van der Waals surface area contributed by atoms with Crippen LogP contribution in [0.5, 0.6) is 0 Å². The summed E-state index contributed by atoms with van der Waals surface area (Å²) in [6, 6.07) is 5.75. The first-order chi connectivity index (χ1) is 9.63. The quantitative estimate of drug-likeness (QED) is 0.845. The molecular weight excluding hydrogens is 284 g/mol. The highest BCUT2D eigenvalue weighted by Gasteiger charge is 2.33. The first-order valence-electron chi connectivity index (χ1n) is 6.11. The highest BCUT2D eigenvalue weighted by atomic mass is 35.5. The van der Waals surface area contributed by atoms with Gasteiger partial charge in [-0.3, -0.25) is 0 Å². The van der Waals surface area contributed by atoms with Crippen molar-refractivity contribution in [2.75, 3.05) is 32.2 Å².